The number of pyridine rings is 1. The van der Waals surface area contributed by atoms with Crippen LogP contribution in [0, 0.1) is 5.41 Å². The Kier molecular flexibility index (Phi) is 8.79. The van der Waals surface area contributed by atoms with Gasteiger partial charge in [-0.25, -0.2) is 9.59 Å². The molecular weight excluding hydrogens is 422 g/mol. The monoisotopic (exact) mass is 449 g/mol. The molecule has 1 aliphatic rings. The number of nitrogens with one attached hydrogen (secondary N) is 4. The third-order valence-electron chi connectivity index (χ3n) is 4.72. The number of alkyl carbamates (subject to hydrolysis) is 1. The number of amides is 2. The van der Waals surface area contributed by atoms with Crippen molar-refractivity contribution in [2.75, 3.05) is 19.7 Å². The number of carbonyl (C=O) groups excluding carboxylic acids is 3. The molecule has 2 heterocycles. The molecule has 1 atom stereocenters. The fourth-order valence-electron chi connectivity index (χ4n) is 3.04. The lowest BCUT2D eigenvalue weighted by molar-refractivity contribution is -0.185. The summed E-state index contributed by atoms with van der Waals surface area (Å²) in [4.78, 5) is 52.7. The van der Waals surface area contributed by atoms with Gasteiger partial charge in [-0.05, 0) is 45.0 Å². The number of aliphatic carboxylic acids is 1. The van der Waals surface area contributed by atoms with E-state index in [2.05, 4.69) is 25.7 Å². The van der Waals surface area contributed by atoms with Gasteiger partial charge in [0.2, 0.25) is 0 Å². The van der Waals surface area contributed by atoms with Crippen molar-refractivity contribution in [2.45, 2.75) is 44.9 Å². The van der Waals surface area contributed by atoms with Gasteiger partial charge >= 0.3 is 17.8 Å². The molecule has 0 saturated carbocycles. The Hall–Kier alpha value is -3.38. The number of amidine groups is 1. The van der Waals surface area contributed by atoms with E-state index in [9.17, 15) is 24.3 Å². The molecule has 12 nitrogen and oxygen atoms in total. The van der Waals surface area contributed by atoms with Crippen LogP contribution in [0.5, 0.6) is 0 Å². The molecule has 1 aromatic rings. The number of hydrogen-bond acceptors (Lipinski definition) is 9. The number of ether oxygens (including phenoxy) is 2. The van der Waals surface area contributed by atoms with Gasteiger partial charge in [-0.3, -0.25) is 25.3 Å². The molecule has 12 heteroatoms. The average molecular weight is 449 g/mol. The summed E-state index contributed by atoms with van der Waals surface area (Å²) in [6, 6.07) is 2.58. The van der Waals surface area contributed by atoms with Crippen LogP contribution in [0.3, 0.4) is 0 Å². The highest BCUT2D eigenvalue weighted by molar-refractivity contribution is 6.10. The van der Waals surface area contributed by atoms with Gasteiger partial charge in [0, 0.05) is 18.2 Å². The SMILES string of the molecule is CCOC(=O)NC(=N)c1ccc(C(=O)NC(OC2CCNCC2)(C(=O)O)C(=O)CC)nc1. The molecule has 0 bridgehead atoms. The maximum Gasteiger partial charge on any atom is 0.412 e. The second kappa shape index (κ2) is 11.3. The van der Waals surface area contributed by atoms with Crippen molar-refractivity contribution in [3.8, 4) is 0 Å². The van der Waals surface area contributed by atoms with Crippen LogP contribution in [-0.4, -0.2) is 71.2 Å². The Bertz CT molecular complexity index is 868. The second-order valence-corrected chi connectivity index (χ2v) is 6.94. The molecule has 1 fully saturated rings. The molecule has 0 radical (unpaired) electrons. The first-order valence-corrected chi connectivity index (χ1v) is 10.2. The summed E-state index contributed by atoms with van der Waals surface area (Å²) in [5.74, 6) is -3.64. The van der Waals surface area contributed by atoms with E-state index in [0.717, 1.165) is 6.20 Å². The first-order valence-electron chi connectivity index (χ1n) is 10.2. The largest absolute Gasteiger partial charge is 0.477 e. The molecule has 5 N–H and O–H groups in total. The molecule has 1 unspecified atom stereocenters. The minimum absolute atomic E-state index is 0.137. The Balaban J connectivity index is 2.19. The molecule has 0 aromatic carbocycles. The highest BCUT2D eigenvalue weighted by Gasteiger charge is 2.50. The number of rotatable bonds is 9. The van der Waals surface area contributed by atoms with Crippen molar-refractivity contribution in [3.05, 3.63) is 29.6 Å². The molecule has 0 spiro atoms. The Morgan fingerprint density at radius 3 is 2.47 bits per heavy atom. The van der Waals surface area contributed by atoms with Gasteiger partial charge in [0.1, 0.15) is 11.5 Å². The van der Waals surface area contributed by atoms with Crippen LogP contribution in [0.4, 0.5) is 4.79 Å². The summed E-state index contributed by atoms with van der Waals surface area (Å²) in [6.07, 6.45) is 0.642. The highest BCUT2D eigenvalue weighted by Crippen LogP contribution is 2.20. The number of Topliss-reactive ketones (excluding diaryl/α,β-unsaturated/α-hetero) is 1. The second-order valence-electron chi connectivity index (χ2n) is 6.94. The van der Waals surface area contributed by atoms with Crippen LogP contribution in [-0.2, 0) is 19.1 Å². The minimum Gasteiger partial charge on any atom is -0.477 e. The summed E-state index contributed by atoms with van der Waals surface area (Å²) >= 11 is 0. The topological polar surface area (TPSA) is 180 Å². The number of aromatic nitrogens is 1. The van der Waals surface area contributed by atoms with E-state index in [-0.39, 0.29) is 30.1 Å². The van der Waals surface area contributed by atoms with Gasteiger partial charge in [0.25, 0.3) is 5.91 Å². The van der Waals surface area contributed by atoms with Gasteiger partial charge < -0.3 is 25.2 Å². The highest BCUT2D eigenvalue weighted by atomic mass is 16.6. The molecule has 2 amide bonds. The molecule has 2 rings (SSSR count). The molecule has 174 valence electrons. The summed E-state index contributed by atoms with van der Waals surface area (Å²) in [7, 11) is 0. The van der Waals surface area contributed by atoms with Gasteiger partial charge in [0.05, 0.1) is 12.7 Å². The fraction of sp³-hybridized carbons (Fsp3) is 0.500. The predicted octanol–water partition coefficient (Wildman–Crippen LogP) is 0.411. The fourth-order valence-corrected chi connectivity index (χ4v) is 3.04. The van der Waals surface area contributed by atoms with Crippen molar-refractivity contribution >= 4 is 29.6 Å². The van der Waals surface area contributed by atoms with E-state index in [0.29, 0.717) is 25.9 Å². The molecule has 32 heavy (non-hydrogen) atoms. The molecule has 1 saturated heterocycles. The zero-order chi connectivity index (χ0) is 23.7. The van der Waals surface area contributed by atoms with Crippen molar-refractivity contribution in [1.29, 1.82) is 5.41 Å². The van der Waals surface area contributed by atoms with Crippen molar-refractivity contribution < 1.29 is 33.8 Å². The Labute approximate surface area is 184 Å². The number of carboxylic acids is 1. The number of carboxylic acid groups (broad SMARTS) is 1. The van der Waals surface area contributed by atoms with E-state index in [1.165, 1.54) is 19.1 Å². The number of carbonyl (C=O) groups is 4. The number of nitrogens with zero attached hydrogens (tertiary/aromatic N) is 1. The normalized spacial score (nSPS) is 15.8. The lowest BCUT2D eigenvalue weighted by Gasteiger charge is -2.34. The predicted molar refractivity (Wildman–Crippen MR) is 111 cm³/mol. The summed E-state index contributed by atoms with van der Waals surface area (Å²) in [5.41, 5.74) is -2.54. The van der Waals surface area contributed by atoms with E-state index in [4.69, 9.17) is 10.1 Å². The van der Waals surface area contributed by atoms with E-state index < -0.39 is 35.6 Å². The van der Waals surface area contributed by atoms with Gasteiger partial charge in [-0.1, -0.05) is 6.92 Å². The third-order valence-corrected chi connectivity index (χ3v) is 4.72. The van der Waals surface area contributed by atoms with Crippen molar-refractivity contribution in [1.82, 2.24) is 20.9 Å². The molecule has 1 aliphatic heterocycles. The summed E-state index contributed by atoms with van der Waals surface area (Å²) < 4.78 is 10.4. The lowest BCUT2D eigenvalue weighted by Crippen LogP contribution is -2.63. The molecule has 1 aromatic heterocycles. The number of ketones is 1. The van der Waals surface area contributed by atoms with E-state index in [1.54, 1.807) is 6.92 Å². The first kappa shape index (κ1) is 24.9. The van der Waals surface area contributed by atoms with Crippen molar-refractivity contribution in [3.63, 3.8) is 0 Å². The van der Waals surface area contributed by atoms with Crippen molar-refractivity contribution in [2.24, 2.45) is 0 Å². The van der Waals surface area contributed by atoms with Crippen LogP contribution >= 0.6 is 0 Å². The number of piperidine rings is 1. The number of hydrogen-bond donors (Lipinski definition) is 5. The maximum absolute atomic E-state index is 12.7. The van der Waals surface area contributed by atoms with Crippen LogP contribution in [0.1, 0.15) is 49.2 Å². The lowest BCUT2D eigenvalue weighted by atomic mass is 10.0. The minimum atomic E-state index is -2.54. The Morgan fingerprint density at radius 2 is 1.94 bits per heavy atom. The van der Waals surface area contributed by atoms with Gasteiger partial charge in [-0.2, -0.15) is 0 Å². The molecular formula is C20H27N5O7. The molecule has 0 aliphatic carbocycles. The third kappa shape index (κ3) is 6.08. The maximum atomic E-state index is 12.7. The smallest absolute Gasteiger partial charge is 0.412 e. The average Bonchev–Trinajstić information content (AvgIpc) is 2.78. The van der Waals surface area contributed by atoms with E-state index in [1.807, 2.05) is 0 Å². The summed E-state index contributed by atoms with van der Waals surface area (Å²) in [6.45, 7) is 4.44. The van der Waals surface area contributed by atoms with Crippen LogP contribution < -0.4 is 16.0 Å². The quantitative estimate of drug-likeness (QED) is 0.154. The van der Waals surface area contributed by atoms with Crippen LogP contribution in [0.15, 0.2) is 18.3 Å². The van der Waals surface area contributed by atoms with Gasteiger partial charge in [0.15, 0.2) is 5.78 Å². The zero-order valence-corrected chi connectivity index (χ0v) is 17.9. The van der Waals surface area contributed by atoms with Crippen LogP contribution in [0.2, 0.25) is 0 Å². The Morgan fingerprint density at radius 1 is 1.25 bits per heavy atom. The zero-order valence-electron chi connectivity index (χ0n) is 17.9. The van der Waals surface area contributed by atoms with Gasteiger partial charge in [-0.15, -0.1) is 0 Å². The standard InChI is InChI=1S/C20H27N5O7/c1-3-15(26)20(18(28)29,32-13-7-9-22-10-8-13)25-17(27)14-6-5-12(11-23-14)16(21)24-19(30)31-4-2/h5-6,11,13,22H,3-4,7-10H2,1-2H3,(H,25,27)(H,28,29)(H2,21,24,30). The summed E-state index contributed by atoms with van der Waals surface area (Å²) in [5, 5.41) is 25.2. The van der Waals surface area contributed by atoms with E-state index >= 15 is 0 Å². The van der Waals surface area contributed by atoms with Crippen LogP contribution in [0.25, 0.3) is 0 Å². The first-order chi connectivity index (χ1) is 15.2.